The van der Waals surface area contributed by atoms with Gasteiger partial charge in [0.05, 0.1) is 40.4 Å². The number of quaternary nitrogens is 1. The van der Waals surface area contributed by atoms with Crippen molar-refractivity contribution in [2.45, 2.75) is 33.2 Å². The summed E-state index contributed by atoms with van der Waals surface area (Å²) in [6.07, 6.45) is 0.656. The lowest BCUT2D eigenvalue weighted by molar-refractivity contribution is -0.858. The number of aromatic nitrogens is 1. The van der Waals surface area contributed by atoms with Crippen LogP contribution in [-0.4, -0.2) is 68.4 Å². The second-order valence-electron chi connectivity index (χ2n) is 8.87. The van der Waals surface area contributed by atoms with Crippen molar-refractivity contribution in [2.75, 3.05) is 40.9 Å². The van der Waals surface area contributed by atoms with Crippen LogP contribution in [0.5, 0.6) is 5.75 Å². The highest BCUT2D eigenvalue weighted by molar-refractivity contribution is 6.46. The van der Waals surface area contributed by atoms with Gasteiger partial charge in [0.15, 0.2) is 0 Å². The Morgan fingerprint density at radius 3 is 2.51 bits per heavy atom. The van der Waals surface area contributed by atoms with Gasteiger partial charge in [-0.3, -0.25) is 9.59 Å². The lowest BCUT2D eigenvalue weighted by Gasteiger charge is -2.28. The molecule has 0 bridgehead atoms. The Bertz CT molecular complexity index is 1160. The molecule has 3 rings (SSSR count). The number of ketones is 1. The molecule has 35 heavy (non-hydrogen) atoms. The average molecular weight is 484 g/mol. The van der Waals surface area contributed by atoms with Crippen LogP contribution in [-0.2, 0) is 14.3 Å². The van der Waals surface area contributed by atoms with Crippen molar-refractivity contribution in [3.8, 4) is 5.75 Å². The summed E-state index contributed by atoms with van der Waals surface area (Å²) >= 11 is 0. The average Bonchev–Trinajstić information content (AvgIpc) is 3.26. The number of Topliss-reactive ketones (excluding diaryl/α,β-unsaturated/α-hetero) is 1. The van der Waals surface area contributed by atoms with Gasteiger partial charge in [-0.2, -0.15) is 0 Å². The molecule has 1 aromatic heterocycles. The van der Waals surface area contributed by atoms with Crippen LogP contribution in [0.4, 0.5) is 0 Å². The van der Waals surface area contributed by atoms with Crippen molar-refractivity contribution < 1.29 is 33.9 Å². The first kappa shape index (κ1) is 26.0. The number of methoxy groups -OCH3 is 1. The van der Waals surface area contributed by atoms with Crippen LogP contribution < -0.4 is 14.7 Å². The number of esters is 1. The number of carbonyl (C=O) groups excluding carboxylic acids is 3. The summed E-state index contributed by atoms with van der Waals surface area (Å²) in [4.78, 5) is 44.4. The molecule has 0 saturated carbocycles. The molecule has 9 heteroatoms. The van der Waals surface area contributed by atoms with E-state index in [4.69, 9.17) is 9.47 Å². The van der Waals surface area contributed by atoms with E-state index in [9.17, 15) is 19.5 Å². The van der Waals surface area contributed by atoms with Gasteiger partial charge < -0.3 is 29.4 Å². The van der Waals surface area contributed by atoms with E-state index in [0.29, 0.717) is 35.5 Å². The molecule has 0 spiro atoms. The maximum Gasteiger partial charge on any atom is 0.355 e. The number of nitrogens with one attached hydrogen (secondary N) is 2. The third-order valence-electron chi connectivity index (χ3n) is 6.18. The molecule has 1 unspecified atom stereocenters. The Labute approximate surface area is 205 Å². The van der Waals surface area contributed by atoms with Crippen molar-refractivity contribution in [3.63, 3.8) is 0 Å². The largest absolute Gasteiger partial charge is 0.872 e. The molecule has 0 aliphatic carbocycles. The standard InChI is InChI=1S/C26H33N3O6/c1-7-35-26(33)21-15(2)19(16(3)27-21)23(30)20-22(17-11-8-9-12-18(17)34-6)29(25(32)24(20)31)14-10-13-28(4)5/h8-9,11-12,22,27,30H,7,10,13-14H2,1-6H3. The smallest absolute Gasteiger partial charge is 0.355 e. The summed E-state index contributed by atoms with van der Waals surface area (Å²) in [5.41, 5.74) is 1.58. The second kappa shape index (κ2) is 10.8. The number of ether oxygens (including phenoxy) is 2. The molecule has 1 aromatic carbocycles. The maximum atomic E-state index is 13.9. The van der Waals surface area contributed by atoms with E-state index in [1.807, 2.05) is 14.1 Å². The lowest BCUT2D eigenvalue weighted by atomic mass is 9.93. The highest BCUT2D eigenvalue weighted by atomic mass is 16.5. The molecule has 1 aliphatic rings. The Kier molecular flexibility index (Phi) is 8.01. The Morgan fingerprint density at radius 1 is 1.20 bits per heavy atom. The number of amides is 1. The number of para-hydroxylation sites is 1. The summed E-state index contributed by atoms with van der Waals surface area (Å²) in [7, 11) is 5.52. The van der Waals surface area contributed by atoms with Crippen molar-refractivity contribution in [3.05, 3.63) is 57.9 Å². The third kappa shape index (κ3) is 4.95. The quantitative estimate of drug-likeness (QED) is 0.233. The number of hydrogen-bond donors (Lipinski definition) is 2. The van der Waals surface area contributed by atoms with E-state index in [1.165, 1.54) is 16.9 Å². The maximum absolute atomic E-state index is 13.9. The zero-order valence-electron chi connectivity index (χ0n) is 21.1. The minimum absolute atomic E-state index is 0.141. The molecule has 2 N–H and O–H groups in total. The first-order valence-corrected chi connectivity index (χ1v) is 11.7. The molecule has 1 amide bonds. The number of aryl methyl sites for hydroxylation is 1. The monoisotopic (exact) mass is 483 g/mol. The number of aromatic amines is 1. The SMILES string of the molecule is CCOC(=O)c1[nH]c(C)c(C([O-])=C2C(=O)C(=O)N(CCC[NH+](C)C)C2c2ccccc2OC)c1C. The molecule has 188 valence electrons. The molecule has 0 radical (unpaired) electrons. The van der Waals surface area contributed by atoms with Gasteiger partial charge in [-0.05, 0) is 38.0 Å². The van der Waals surface area contributed by atoms with Crippen LogP contribution in [0.3, 0.4) is 0 Å². The highest BCUT2D eigenvalue weighted by Crippen LogP contribution is 2.43. The first-order valence-electron chi connectivity index (χ1n) is 11.7. The summed E-state index contributed by atoms with van der Waals surface area (Å²) < 4.78 is 10.6. The minimum Gasteiger partial charge on any atom is -0.872 e. The van der Waals surface area contributed by atoms with Crippen LogP contribution in [0.2, 0.25) is 0 Å². The van der Waals surface area contributed by atoms with Crippen molar-refractivity contribution >= 4 is 23.4 Å². The van der Waals surface area contributed by atoms with E-state index >= 15 is 0 Å². The minimum atomic E-state index is -0.893. The van der Waals surface area contributed by atoms with Crippen molar-refractivity contribution in [1.82, 2.24) is 9.88 Å². The zero-order valence-corrected chi connectivity index (χ0v) is 21.1. The first-order chi connectivity index (χ1) is 16.6. The van der Waals surface area contributed by atoms with Crippen LogP contribution in [0, 0.1) is 13.8 Å². The number of hydrogen-bond acceptors (Lipinski definition) is 6. The second-order valence-corrected chi connectivity index (χ2v) is 8.87. The summed E-state index contributed by atoms with van der Waals surface area (Å²) in [6.45, 7) is 6.26. The van der Waals surface area contributed by atoms with Gasteiger partial charge in [-0.1, -0.05) is 24.0 Å². The van der Waals surface area contributed by atoms with Crippen LogP contribution >= 0.6 is 0 Å². The van der Waals surface area contributed by atoms with E-state index in [-0.39, 0.29) is 23.4 Å². The molecule has 1 fully saturated rings. The van der Waals surface area contributed by atoms with Gasteiger partial charge in [0.25, 0.3) is 5.91 Å². The summed E-state index contributed by atoms with van der Waals surface area (Å²) in [5, 5.41) is 13.9. The molecule has 1 aliphatic heterocycles. The van der Waals surface area contributed by atoms with Crippen LogP contribution in [0.1, 0.15) is 52.3 Å². The molecule has 9 nitrogen and oxygen atoms in total. The number of rotatable bonds is 9. The Hall–Kier alpha value is -3.59. The number of H-pyrrole nitrogens is 1. The normalized spacial score (nSPS) is 17.3. The van der Waals surface area contributed by atoms with Gasteiger partial charge >= 0.3 is 5.97 Å². The van der Waals surface area contributed by atoms with Gasteiger partial charge in [0, 0.05) is 29.8 Å². The summed E-state index contributed by atoms with van der Waals surface area (Å²) in [6, 6.07) is 6.16. The molecule has 1 atom stereocenters. The number of likely N-dealkylation sites (tertiary alicyclic amines) is 1. The molecule has 1 saturated heterocycles. The number of nitrogens with zero attached hydrogens (tertiary/aromatic N) is 1. The van der Waals surface area contributed by atoms with Crippen LogP contribution in [0.25, 0.3) is 5.76 Å². The van der Waals surface area contributed by atoms with Crippen LogP contribution in [0.15, 0.2) is 29.8 Å². The van der Waals surface area contributed by atoms with Gasteiger partial charge in [0.2, 0.25) is 5.78 Å². The third-order valence-corrected chi connectivity index (χ3v) is 6.18. The zero-order chi connectivity index (χ0) is 25.9. The fourth-order valence-corrected chi connectivity index (χ4v) is 4.55. The lowest BCUT2D eigenvalue weighted by Crippen LogP contribution is -3.05. The molecule has 2 heterocycles. The van der Waals surface area contributed by atoms with Gasteiger partial charge in [-0.25, -0.2) is 4.79 Å². The molecule has 2 aromatic rings. The topological polar surface area (TPSA) is 116 Å². The Morgan fingerprint density at radius 2 is 1.89 bits per heavy atom. The van der Waals surface area contributed by atoms with E-state index in [2.05, 4.69) is 4.98 Å². The summed E-state index contributed by atoms with van der Waals surface area (Å²) in [5.74, 6) is -2.24. The van der Waals surface area contributed by atoms with E-state index in [0.717, 1.165) is 6.54 Å². The fourth-order valence-electron chi connectivity index (χ4n) is 4.55. The fraction of sp³-hybridized carbons (Fsp3) is 0.423. The predicted octanol–water partition coefficient (Wildman–Crippen LogP) is 0.575. The number of benzene rings is 1. The van der Waals surface area contributed by atoms with Gasteiger partial charge in [-0.15, -0.1) is 0 Å². The highest BCUT2D eigenvalue weighted by Gasteiger charge is 2.45. The van der Waals surface area contributed by atoms with E-state index in [1.54, 1.807) is 45.0 Å². The van der Waals surface area contributed by atoms with E-state index < -0.39 is 29.5 Å². The predicted molar refractivity (Wildman–Crippen MR) is 128 cm³/mol. The molecular weight excluding hydrogens is 450 g/mol. The van der Waals surface area contributed by atoms with Gasteiger partial charge in [0.1, 0.15) is 11.4 Å². The van der Waals surface area contributed by atoms with Crippen molar-refractivity contribution in [2.24, 2.45) is 0 Å². The number of carbonyl (C=O) groups is 3. The molecular formula is C26H33N3O6. The Balaban J connectivity index is 2.20. The van der Waals surface area contributed by atoms with Crippen molar-refractivity contribution in [1.29, 1.82) is 0 Å².